The van der Waals surface area contributed by atoms with Crippen molar-refractivity contribution in [1.82, 2.24) is 13.8 Å². The lowest BCUT2D eigenvalue weighted by Gasteiger charge is -2.29. The molecule has 0 N–H and O–H groups in total. The lowest BCUT2D eigenvalue weighted by atomic mass is 10.3. The summed E-state index contributed by atoms with van der Waals surface area (Å²) in [5.74, 6) is -0.155. The van der Waals surface area contributed by atoms with Crippen molar-refractivity contribution in [2.45, 2.75) is 50.2 Å². The highest BCUT2D eigenvalue weighted by Gasteiger charge is 2.36. The molecule has 0 radical (unpaired) electrons. The molecule has 1 fully saturated rings. The highest BCUT2D eigenvalue weighted by molar-refractivity contribution is 9.10. The van der Waals surface area contributed by atoms with E-state index in [4.69, 9.17) is 0 Å². The fourth-order valence-corrected chi connectivity index (χ4v) is 5.00. The van der Waals surface area contributed by atoms with Gasteiger partial charge in [-0.05, 0) is 63.1 Å². The average molecular weight is 468 g/mol. The minimum atomic E-state index is -3.76. The van der Waals surface area contributed by atoms with Gasteiger partial charge >= 0.3 is 0 Å². The predicted octanol–water partition coefficient (Wildman–Crippen LogP) is 3.38. The Bertz CT molecular complexity index is 934. The highest BCUT2D eigenvalue weighted by atomic mass is 79.9. The molecule has 8 heteroatoms. The summed E-state index contributed by atoms with van der Waals surface area (Å²) in [6, 6.07) is 10.3. The predicted molar refractivity (Wildman–Crippen MR) is 112 cm³/mol. The number of aryl methyl sites for hydroxylation is 1. The van der Waals surface area contributed by atoms with Crippen LogP contribution in [0.1, 0.15) is 32.4 Å². The lowest BCUT2D eigenvalue weighted by molar-refractivity contribution is -0.133. The van der Waals surface area contributed by atoms with Crippen molar-refractivity contribution >= 4 is 31.9 Å². The van der Waals surface area contributed by atoms with Crippen molar-refractivity contribution in [2.75, 3.05) is 6.54 Å². The van der Waals surface area contributed by atoms with Crippen LogP contribution in [0.4, 0.5) is 0 Å². The molecule has 152 valence electrons. The molecule has 1 aliphatic carbocycles. The van der Waals surface area contributed by atoms with Crippen LogP contribution in [0.5, 0.6) is 0 Å². The van der Waals surface area contributed by atoms with Crippen LogP contribution in [0.2, 0.25) is 0 Å². The van der Waals surface area contributed by atoms with Crippen LogP contribution in [0.25, 0.3) is 0 Å². The molecular weight excluding hydrogens is 442 g/mol. The molecule has 1 aromatic carbocycles. The molecule has 1 aromatic heterocycles. The number of benzene rings is 1. The van der Waals surface area contributed by atoms with Gasteiger partial charge in [0.05, 0.1) is 18.0 Å². The summed E-state index contributed by atoms with van der Waals surface area (Å²) in [4.78, 5) is 15.1. The molecule has 1 aliphatic rings. The summed E-state index contributed by atoms with van der Waals surface area (Å²) in [5, 5.41) is 0. The van der Waals surface area contributed by atoms with Crippen molar-refractivity contribution in [3.05, 3.63) is 52.8 Å². The Hall–Kier alpha value is -1.64. The van der Waals surface area contributed by atoms with E-state index in [0.717, 1.165) is 23.0 Å². The van der Waals surface area contributed by atoms with Crippen LogP contribution in [0.3, 0.4) is 0 Å². The fraction of sp³-hybridized carbons (Fsp3) is 0.450. The minimum Gasteiger partial charge on any atom is -0.353 e. The van der Waals surface area contributed by atoms with Gasteiger partial charge in [0, 0.05) is 35.5 Å². The minimum absolute atomic E-state index is 0.155. The Balaban J connectivity index is 1.81. The first-order valence-electron chi connectivity index (χ1n) is 9.37. The fourth-order valence-electron chi connectivity index (χ4n) is 3.15. The number of aromatic nitrogens is 1. The molecule has 6 nitrogen and oxygen atoms in total. The summed E-state index contributed by atoms with van der Waals surface area (Å²) in [6.07, 6.45) is 3.89. The number of halogens is 1. The van der Waals surface area contributed by atoms with E-state index in [-0.39, 0.29) is 29.4 Å². The van der Waals surface area contributed by atoms with Crippen molar-refractivity contribution in [3.8, 4) is 0 Å². The lowest BCUT2D eigenvalue weighted by Crippen LogP contribution is -2.46. The van der Waals surface area contributed by atoms with Crippen LogP contribution in [-0.2, 0) is 28.4 Å². The second-order valence-corrected chi connectivity index (χ2v) is 10.3. The third kappa shape index (κ3) is 4.67. The van der Waals surface area contributed by atoms with Crippen LogP contribution < -0.4 is 0 Å². The summed E-state index contributed by atoms with van der Waals surface area (Å²) < 4.78 is 30.4. The first-order chi connectivity index (χ1) is 13.2. The van der Waals surface area contributed by atoms with E-state index in [1.807, 2.05) is 34.8 Å². The van der Waals surface area contributed by atoms with Crippen molar-refractivity contribution in [2.24, 2.45) is 7.05 Å². The van der Waals surface area contributed by atoms with Crippen molar-refractivity contribution < 1.29 is 13.2 Å². The zero-order chi connectivity index (χ0) is 20.5. The first kappa shape index (κ1) is 21.1. The number of carbonyl (C=O) groups is 1. The van der Waals surface area contributed by atoms with E-state index in [1.165, 1.54) is 4.31 Å². The number of amides is 1. The average Bonchev–Trinajstić information content (AvgIpc) is 3.39. The molecule has 28 heavy (non-hydrogen) atoms. The number of hydrogen-bond acceptors (Lipinski definition) is 3. The van der Waals surface area contributed by atoms with Gasteiger partial charge in [-0.25, -0.2) is 8.42 Å². The van der Waals surface area contributed by atoms with Gasteiger partial charge in [0.2, 0.25) is 15.9 Å². The second-order valence-electron chi connectivity index (χ2n) is 7.46. The van der Waals surface area contributed by atoms with Gasteiger partial charge in [0.25, 0.3) is 0 Å². The largest absolute Gasteiger partial charge is 0.353 e. The quantitative estimate of drug-likeness (QED) is 0.597. The summed E-state index contributed by atoms with van der Waals surface area (Å²) >= 11 is 3.32. The van der Waals surface area contributed by atoms with Crippen LogP contribution in [0.15, 0.2) is 52.0 Å². The zero-order valence-corrected chi connectivity index (χ0v) is 18.8. The second kappa shape index (κ2) is 8.39. The van der Waals surface area contributed by atoms with E-state index in [9.17, 15) is 13.2 Å². The van der Waals surface area contributed by atoms with Crippen LogP contribution in [-0.4, -0.2) is 46.7 Å². The van der Waals surface area contributed by atoms with Gasteiger partial charge in [-0.3, -0.25) is 4.79 Å². The number of carbonyl (C=O) groups excluding carboxylic acids is 1. The molecule has 1 amide bonds. The van der Waals surface area contributed by atoms with Crippen molar-refractivity contribution in [3.63, 3.8) is 0 Å². The van der Waals surface area contributed by atoms with E-state index >= 15 is 0 Å². The molecule has 0 unspecified atom stereocenters. The SMILES string of the molecule is CC(C)N(CC(=O)N(Cc1cccn1C)C1CC1)S(=O)(=O)c1ccc(Br)cc1. The van der Waals surface area contributed by atoms with Crippen molar-refractivity contribution in [1.29, 1.82) is 0 Å². The molecule has 0 bridgehead atoms. The normalized spacial score (nSPS) is 14.6. The number of nitrogens with zero attached hydrogens (tertiary/aromatic N) is 3. The van der Waals surface area contributed by atoms with E-state index in [0.29, 0.717) is 6.54 Å². The molecule has 0 atom stereocenters. The topological polar surface area (TPSA) is 62.6 Å². The molecular formula is C20H26BrN3O3S. The molecule has 0 spiro atoms. The summed E-state index contributed by atoms with van der Waals surface area (Å²) in [6.45, 7) is 3.93. The zero-order valence-electron chi connectivity index (χ0n) is 16.4. The number of sulfonamides is 1. The Morgan fingerprint density at radius 2 is 1.86 bits per heavy atom. The van der Waals surface area contributed by atoms with E-state index in [1.54, 1.807) is 38.1 Å². The smallest absolute Gasteiger partial charge is 0.243 e. The monoisotopic (exact) mass is 467 g/mol. The number of hydrogen-bond donors (Lipinski definition) is 0. The first-order valence-corrected chi connectivity index (χ1v) is 11.6. The summed E-state index contributed by atoms with van der Waals surface area (Å²) in [7, 11) is -1.81. The summed E-state index contributed by atoms with van der Waals surface area (Å²) in [5.41, 5.74) is 1.03. The Kier molecular flexibility index (Phi) is 6.31. The Morgan fingerprint density at radius 3 is 2.36 bits per heavy atom. The van der Waals surface area contributed by atoms with Gasteiger partial charge in [-0.2, -0.15) is 4.31 Å². The van der Waals surface area contributed by atoms with Crippen LogP contribution >= 0.6 is 15.9 Å². The van der Waals surface area contributed by atoms with Gasteiger partial charge in [-0.15, -0.1) is 0 Å². The molecule has 3 rings (SSSR count). The van der Waals surface area contributed by atoms with Gasteiger partial charge in [-0.1, -0.05) is 15.9 Å². The molecule has 0 saturated heterocycles. The maximum absolute atomic E-state index is 13.1. The standard InChI is InChI=1S/C20H26BrN3O3S/c1-15(2)24(28(26,27)19-10-6-16(21)7-11-19)14-20(25)23(17-8-9-17)13-18-5-4-12-22(18)3/h4-7,10-12,15,17H,8-9,13-14H2,1-3H3. The van der Waals surface area contributed by atoms with Gasteiger partial charge in [0.15, 0.2) is 0 Å². The van der Waals surface area contributed by atoms with Gasteiger partial charge < -0.3 is 9.47 Å². The number of rotatable bonds is 8. The highest BCUT2D eigenvalue weighted by Crippen LogP contribution is 2.29. The van der Waals surface area contributed by atoms with E-state index < -0.39 is 10.0 Å². The van der Waals surface area contributed by atoms with Gasteiger partial charge in [0.1, 0.15) is 0 Å². The van der Waals surface area contributed by atoms with E-state index in [2.05, 4.69) is 15.9 Å². The van der Waals surface area contributed by atoms with Crippen LogP contribution in [0, 0.1) is 0 Å². The molecule has 1 heterocycles. The molecule has 2 aromatic rings. The maximum atomic E-state index is 13.1. The Morgan fingerprint density at radius 1 is 1.21 bits per heavy atom. The Labute approximate surface area is 175 Å². The third-order valence-electron chi connectivity index (χ3n) is 4.98. The maximum Gasteiger partial charge on any atom is 0.243 e. The molecule has 1 saturated carbocycles. The molecule has 0 aliphatic heterocycles. The third-order valence-corrected chi connectivity index (χ3v) is 7.54.